The van der Waals surface area contributed by atoms with Crippen molar-refractivity contribution in [3.8, 4) is 0 Å². The second kappa shape index (κ2) is 6.80. The van der Waals surface area contributed by atoms with Gasteiger partial charge in [0, 0.05) is 23.9 Å². The monoisotopic (exact) mass is 285 g/mol. The van der Waals surface area contributed by atoms with Gasteiger partial charge in [-0.3, -0.25) is 14.9 Å². The predicted molar refractivity (Wildman–Crippen MR) is 76.8 cm³/mol. The summed E-state index contributed by atoms with van der Waals surface area (Å²) < 4.78 is 5.07. The van der Waals surface area contributed by atoms with Crippen molar-refractivity contribution in [1.82, 2.24) is 5.43 Å². The van der Waals surface area contributed by atoms with Gasteiger partial charge in [0.2, 0.25) is 0 Å². The Balaban J connectivity index is 1.88. The van der Waals surface area contributed by atoms with E-state index in [2.05, 4.69) is 10.5 Å². The van der Waals surface area contributed by atoms with Crippen molar-refractivity contribution in [2.45, 2.75) is 0 Å². The molecule has 2 rings (SSSR count). The predicted octanol–water partition coefficient (Wildman–Crippen LogP) is 2.62. The maximum atomic E-state index is 11.7. The minimum absolute atomic E-state index is 0.0727. The Labute approximate surface area is 119 Å². The lowest BCUT2D eigenvalue weighted by molar-refractivity contribution is -0.384. The third-order valence-electron chi connectivity index (χ3n) is 2.47. The molecule has 0 fully saturated rings. The van der Waals surface area contributed by atoms with Crippen LogP contribution in [0.4, 0.5) is 5.69 Å². The van der Waals surface area contributed by atoms with Crippen molar-refractivity contribution in [1.29, 1.82) is 0 Å². The summed E-state index contributed by atoms with van der Waals surface area (Å²) in [6.07, 6.45) is 6.23. The number of carbonyl (C=O) groups excluding carboxylic acids is 1. The average Bonchev–Trinajstić information content (AvgIpc) is 3.00. The number of nitrogens with zero attached hydrogens (tertiary/aromatic N) is 2. The lowest BCUT2D eigenvalue weighted by Crippen LogP contribution is -2.17. The van der Waals surface area contributed by atoms with Gasteiger partial charge in [0.25, 0.3) is 11.6 Å². The molecule has 1 aromatic heterocycles. The molecular formula is C14H11N3O4. The largest absolute Gasteiger partial charge is 0.465 e. The first-order valence-electron chi connectivity index (χ1n) is 5.95. The molecule has 0 bridgehead atoms. The van der Waals surface area contributed by atoms with Gasteiger partial charge in [0.15, 0.2) is 0 Å². The van der Waals surface area contributed by atoms with Crippen LogP contribution < -0.4 is 5.43 Å². The number of allylic oxidation sites excluding steroid dienone is 1. The Morgan fingerprint density at radius 3 is 2.67 bits per heavy atom. The van der Waals surface area contributed by atoms with E-state index in [1.165, 1.54) is 30.5 Å². The molecule has 1 heterocycles. The van der Waals surface area contributed by atoms with E-state index < -0.39 is 10.8 Å². The first kappa shape index (κ1) is 14.2. The number of carbonyl (C=O) groups is 1. The fraction of sp³-hybridized carbons (Fsp3) is 0. The summed E-state index contributed by atoms with van der Waals surface area (Å²) in [5.74, 6) is 0.218. The van der Waals surface area contributed by atoms with Crippen LogP contribution in [-0.4, -0.2) is 17.0 Å². The molecule has 7 heteroatoms. The number of nitrogens with one attached hydrogen (secondary N) is 1. The van der Waals surface area contributed by atoms with Crippen LogP contribution in [0.5, 0.6) is 0 Å². The minimum atomic E-state index is -0.529. The lowest BCUT2D eigenvalue weighted by Gasteiger charge is -1.98. The topological polar surface area (TPSA) is 97.7 Å². The molecule has 0 spiro atoms. The molecule has 2 aromatic rings. The van der Waals surface area contributed by atoms with E-state index in [1.807, 2.05) is 0 Å². The highest BCUT2D eigenvalue weighted by molar-refractivity contribution is 5.94. The van der Waals surface area contributed by atoms with Crippen molar-refractivity contribution in [3.05, 3.63) is 70.2 Å². The Kier molecular flexibility index (Phi) is 4.60. The van der Waals surface area contributed by atoms with Crippen molar-refractivity contribution in [2.75, 3.05) is 0 Å². The molecular weight excluding hydrogens is 274 g/mol. The maximum Gasteiger partial charge on any atom is 0.271 e. The number of nitro groups is 1. The Hall–Kier alpha value is -3.22. The van der Waals surface area contributed by atoms with Gasteiger partial charge in [-0.05, 0) is 36.4 Å². The highest BCUT2D eigenvalue weighted by Gasteiger charge is 2.08. The van der Waals surface area contributed by atoms with Crippen molar-refractivity contribution in [3.63, 3.8) is 0 Å². The van der Waals surface area contributed by atoms with Gasteiger partial charge in [0.05, 0.1) is 11.2 Å². The number of nitro benzene ring substituents is 1. The molecule has 0 aliphatic heterocycles. The molecule has 1 N–H and O–H groups in total. The molecule has 0 atom stereocenters. The maximum absolute atomic E-state index is 11.7. The molecule has 21 heavy (non-hydrogen) atoms. The molecule has 106 valence electrons. The molecule has 1 amide bonds. The lowest BCUT2D eigenvalue weighted by atomic mass is 10.2. The Morgan fingerprint density at radius 1 is 1.29 bits per heavy atom. The number of hydrogen-bond acceptors (Lipinski definition) is 5. The average molecular weight is 285 g/mol. The Morgan fingerprint density at radius 2 is 2.05 bits per heavy atom. The van der Waals surface area contributed by atoms with Crippen LogP contribution in [0.25, 0.3) is 6.08 Å². The summed E-state index contributed by atoms with van der Waals surface area (Å²) in [7, 11) is 0. The summed E-state index contributed by atoms with van der Waals surface area (Å²) in [4.78, 5) is 21.6. The summed E-state index contributed by atoms with van der Waals surface area (Å²) in [5, 5.41) is 14.2. The highest BCUT2D eigenvalue weighted by Crippen LogP contribution is 2.11. The second-order valence-corrected chi connectivity index (χ2v) is 3.90. The van der Waals surface area contributed by atoms with Crippen LogP contribution in [0, 0.1) is 10.1 Å². The summed E-state index contributed by atoms with van der Waals surface area (Å²) in [6, 6.07) is 8.78. The van der Waals surface area contributed by atoms with Crippen LogP contribution in [0.2, 0.25) is 0 Å². The van der Waals surface area contributed by atoms with Gasteiger partial charge >= 0.3 is 0 Å². The summed E-state index contributed by atoms with van der Waals surface area (Å²) in [5.41, 5.74) is 2.52. The first-order valence-corrected chi connectivity index (χ1v) is 5.95. The highest BCUT2D eigenvalue weighted by atomic mass is 16.6. The van der Waals surface area contributed by atoms with E-state index in [4.69, 9.17) is 4.42 Å². The standard InChI is InChI=1S/C14H11N3O4/c18-14(11-5-7-12(8-6-11)17(19)20)16-15-9-1-3-13-4-2-10-21-13/h1-10H,(H,16,18)/b3-1+,15-9+. The number of furan rings is 1. The van der Waals surface area contributed by atoms with Gasteiger partial charge in [0.1, 0.15) is 5.76 Å². The number of benzene rings is 1. The minimum Gasteiger partial charge on any atom is -0.465 e. The fourth-order valence-corrected chi connectivity index (χ4v) is 1.46. The third kappa shape index (κ3) is 4.13. The van der Waals surface area contributed by atoms with Crippen LogP contribution in [0.3, 0.4) is 0 Å². The number of hydrazone groups is 1. The zero-order valence-corrected chi connectivity index (χ0v) is 10.8. The summed E-state index contributed by atoms with van der Waals surface area (Å²) >= 11 is 0. The van der Waals surface area contributed by atoms with E-state index >= 15 is 0 Å². The number of non-ortho nitro benzene ring substituents is 1. The summed E-state index contributed by atoms with van der Waals surface area (Å²) in [6.45, 7) is 0. The van der Waals surface area contributed by atoms with Crippen molar-refractivity contribution in [2.24, 2.45) is 5.10 Å². The van der Waals surface area contributed by atoms with E-state index in [9.17, 15) is 14.9 Å². The number of rotatable bonds is 5. The Bertz CT molecular complexity index is 673. The van der Waals surface area contributed by atoms with Crippen LogP contribution in [0.1, 0.15) is 16.1 Å². The van der Waals surface area contributed by atoms with Crippen molar-refractivity contribution < 1.29 is 14.1 Å². The fourth-order valence-electron chi connectivity index (χ4n) is 1.46. The molecule has 1 aromatic carbocycles. The van der Waals surface area contributed by atoms with Gasteiger partial charge in [-0.25, -0.2) is 5.43 Å². The normalized spacial score (nSPS) is 11.0. The SMILES string of the molecule is O=C(N/N=C/C=C/c1ccco1)c1ccc([N+](=O)[O-])cc1. The van der Waals surface area contributed by atoms with Gasteiger partial charge in [-0.1, -0.05) is 0 Å². The van der Waals surface area contributed by atoms with Crippen LogP contribution in [-0.2, 0) is 0 Å². The van der Waals surface area contributed by atoms with E-state index in [-0.39, 0.29) is 11.3 Å². The van der Waals surface area contributed by atoms with Gasteiger partial charge < -0.3 is 4.42 Å². The van der Waals surface area contributed by atoms with Gasteiger partial charge in [-0.2, -0.15) is 5.10 Å². The third-order valence-corrected chi connectivity index (χ3v) is 2.47. The van der Waals surface area contributed by atoms with E-state index in [0.29, 0.717) is 5.76 Å². The zero-order valence-electron chi connectivity index (χ0n) is 10.8. The zero-order chi connectivity index (χ0) is 15.1. The van der Waals surface area contributed by atoms with Gasteiger partial charge in [-0.15, -0.1) is 0 Å². The molecule has 0 aliphatic rings. The van der Waals surface area contributed by atoms with Crippen molar-refractivity contribution >= 4 is 23.9 Å². The first-order chi connectivity index (χ1) is 10.2. The van der Waals surface area contributed by atoms with E-state index in [1.54, 1.807) is 30.5 Å². The quantitative estimate of drug-likeness (QED) is 0.518. The molecule has 0 aliphatic carbocycles. The molecule has 0 unspecified atom stereocenters. The van der Waals surface area contributed by atoms with Crippen LogP contribution in [0.15, 0.2) is 58.3 Å². The molecule has 0 radical (unpaired) electrons. The molecule has 7 nitrogen and oxygen atoms in total. The number of amides is 1. The smallest absolute Gasteiger partial charge is 0.271 e. The van der Waals surface area contributed by atoms with Crippen LogP contribution >= 0.6 is 0 Å². The molecule has 0 saturated carbocycles. The second-order valence-electron chi connectivity index (χ2n) is 3.90. The van der Waals surface area contributed by atoms with E-state index in [0.717, 1.165) is 0 Å². The number of hydrogen-bond donors (Lipinski definition) is 1. The molecule has 0 saturated heterocycles.